The molecular formula is C23H26BrN3O2. The highest BCUT2D eigenvalue weighted by atomic mass is 79.9. The van der Waals surface area contributed by atoms with Crippen LogP contribution in [0.25, 0.3) is 0 Å². The van der Waals surface area contributed by atoms with Crippen molar-refractivity contribution < 1.29 is 9.59 Å². The van der Waals surface area contributed by atoms with Crippen LogP contribution in [0, 0.1) is 18.8 Å². The van der Waals surface area contributed by atoms with Gasteiger partial charge < -0.3 is 5.32 Å². The van der Waals surface area contributed by atoms with E-state index in [1.807, 2.05) is 43.3 Å². The van der Waals surface area contributed by atoms with Gasteiger partial charge in [0.15, 0.2) is 0 Å². The number of rotatable bonds is 4. The van der Waals surface area contributed by atoms with Crippen LogP contribution >= 0.6 is 15.9 Å². The third-order valence-electron chi connectivity index (χ3n) is 6.11. The van der Waals surface area contributed by atoms with Gasteiger partial charge in [0.2, 0.25) is 5.91 Å². The molecule has 0 bridgehead atoms. The van der Waals surface area contributed by atoms with Gasteiger partial charge in [0.1, 0.15) is 0 Å². The largest absolute Gasteiger partial charge is 0.322 e. The predicted octanol–water partition coefficient (Wildman–Crippen LogP) is 4.36. The number of aryl methyl sites for hydroxylation is 1. The summed E-state index contributed by atoms with van der Waals surface area (Å²) in [6, 6.07) is 13.7. The molecule has 3 unspecified atom stereocenters. The van der Waals surface area contributed by atoms with Crippen molar-refractivity contribution in [2.45, 2.75) is 45.1 Å². The van der Waals surface area contributed by atoms with E-state index in [2.05, 4.69) is 38.2 Å². The summed E-state index contributed by atoms with van der Waals surface area (Å²) >= 11 is 3.48. The fraction of sp³-hybridized carbons (Fsp3) is 0.391. The van der Waals surface area contributed by atoms with Gasteiger partial charge in [-0.05, 0) is 73.6 Å². The third-order valence-corrected chi connectivity index (χ3v) is 7.00. The molecule has 1 heterocycles. The number of halogens is 1. The molecular weight excluding hydrogens is 430 g/mol. The van der Waals surface area contributed by atoms with Crippen LogP contribution in [-0.4, -0.2) is 17.9 Å². The van der Waals surface area contributed by atoms with Crippen LogP contribution in [0.1, 0.15) is 47.2 Å². The molecule has 1 aliphatic carbocycles. The van der Waals surface area contributed by atoms with Crippen LogP contribution in [0.5, 0.6) is 0 Å². The Balaban J connectivity index is 1.46. The maximum Gasteiger partial charge on any atom is 0.255 e. The Hall–Kier alpha value is -2.18. The first-order chi connectivity index (χ1) is 14.0. The quantitative estimate of drug-likeness (QED) is 0.641. The Labute approximate surface area is 179 Å². The molecule has 1 saturated heterocycles. The molecule has 1 saturated carbocycles. The van der Waals surface area contributed by atoms with E-state index in [4.69, 9.17) is 0 Å². The zero-order valence-corrected chi connectivity index (χ0v) is 18.1. The van der Waals surface area contributed by atoms with Gasteiger partial charge in [0.25, 0.3) is 5.91 Å². The van der Waals surface area contributed by atoms with E-state index in [9.17, 15) is 9.59 Å². The second-order valence-electron chi connectivity index (χ2n) is 8.12. The molecule has 6 heteroatoms. The molecule has 2 fully saturated rings. The summed E-state index contributed by atoms with van der Waals surface area (Å²) in [6.45, 7) is 1.99. The summed E-state index contributed by atoms with van der Waals surface area (Å²) in [5, 5.41) is 2.98. The highest BCUT2D eigenvalue weighted by Gasteiger charge is 2.39. The average molecular weight is 456 g/mol. The Morgan fingerprint density at radius 3 is 2.83 bits per heavy atom. The maximum absolute atomic E-state index is 12.7. The first-order valence-corrected chi connectivity index (χ1v) is 11.0. The third kappa shape index (κ3) is 4.54. The number of hydrogen-bond acceptors (Lipinski definition) is 3. The van der Waals surface area contributed by atoms with E-state index in [-0.39, 0.29) is 23.8 Å². The van der Waals surface area contributed by atoms with E-state index in [0.29, 0.717) is 11.5 Å². The van der Waals surface area contributed by atoms with Gasteiger partial charge in [-0.25, -0.2) is 5.43 Å². The van der Waals surface area contributed by atoms with Crippen molar-refractivity contribution in [2.75, 3.05) is 5.32 Å². The number of amides is 2. The predicted molar refractivity (Wildman–Crippen MR) is 117 cm³/mol. The molecule has 3 N–H and O–H groups in total. The second-order valence-corrected chi connectivity index (χ2v) is 8.97. The van der Waals surface area contributed by atoms with E-state index < -0.39 is 0 Å². The minimum absolute atomic E-state index is 0.113. The van der Waals surface area contributed by atoms with Crippen molar-refractivity contribution in [3.05, 3.63) is 63.6 Å². The van der Waals surface area contributed by atoms with Gasteiger partial charge in [-0.1, -0.05) is 40.9 Å². The van der Waals surface area contributed by atoms with Crippen LogP contribution in [0.3, 0.4) is 0 Å². The minimum Gasteiger partial charge on any atom is -0.322 e. The average Bonchev–Trinajstić information content (AvgIpc) is 2.73. The molecule has 5 nitrogen and oxygen atoms in total. The zero-order valence-electron chi connectivity index (χ0n) is 16.5. The summed E-state index contributed by atoms with van der Waals surface area (Å²) < 4.78 is 1.02. The molecule has 2 aromatic carbocycles. The first-order valence-electron chi connectivity index (χ1n) is 10.2. The first kappa shape index (κ1) is 20.1. The highest BCUT2D eigenvalue weighted by molar-refractivity contribution is 9.10. The van der Waals surface area contributed by atoms with E-state index in [1.54, 1.807) is 0 Å². The molecule has 29 heavy (non-hydrogen) atoms. The van der Waals surface area contributed by atoms with Gasteiger partial charge in [-0.3, -0.25) is 15.0 Å². The summed E-state index contributed by atoms with van der Waals surface area (Å²) in [5.74, 6) is 0.487. The number of benzene rings is 2. The zero-order chi connectivity index (χ0) is 20.4. The number of nitrogens with one attached hydrogen (secondary N) is 3. The second kappa shape index (κ2) is 8.67. The molecule has 2 aromatic rings. The molecule has 4 rings (SSSR count). The Bertz CT molecular complexity index is 930. The smallest absolute Gasteiger partial charge is 0.255 e. The van der Waals surface area contributed by atoms with Gasteiger partial charge in [-0.2, -0.15) is 0 Å². The number of carbonyl (C=O) groups is 2. The number of anilines is 1. The monoisotopic (exact) mass is 455 g/mol. The maximum atomic E-state index is 12.7. The van der Waals surface area contributed by atoms with E-state index in [0.717, 1.165) is 47.0 Å². The lowest BCUT2D eigenvalue weighted by Gasteiger charge is -2.41. The van der Waals surface area contributed by atoms with Gasteiger partial charge in [0, 0.05) is 27.7 Å². The molecule has 1 aliphatic heterocycles. The van der Waals surface area contributed by atoms with Crippen molar-refractivity contribution in [1.29, 1.82) is 0 Å². The normalized spacial score (nSPS) is 23.8. The highest BCUT2D eigenvalue weighted by Crippen LogP contribution is 2.35. The number of fused-ring (bicyclic) bond motifs is 1. The van der Waals surface area contributed by atoms with Crippen molar-refractivity contribution in [3.8, 4) is 0 Å². The van der Waals surface area contributed by atoms with E-state index >= 15 is 0 Å². The topological polar surface area (TPSA) is 70.2 Å². The van der Waals surface area contributed by atoms with Crippen molar-refractivity contribution in [2.24, 2.45) is 11.8 Å². The molecule has 0 spiro atoms. The molecule has 0 radical (unpaired) electrons. The van der Waals surface area contributed by atoms with Crippen molar-refractivity contribution >= 4 is 33.4 Å². The lowest BCUT2D eigenvalue weighted by Crippen LogP contribution is -2.60. The minimum atomic E-state index is -0.117. The molecule has 2 amide bonds. The lowest BCUT2D eigenvalue weighted by atomic mass is 9.72. The number of hydrogen-bond donors (Lipinski definition) is 3. The Kier molecular flexibility index (Phi) is 6.01. The summed E-state index contributed by atoms with van der Waals surface area (Å²) in [6.07, 6.45) is 5.16. The lowest BCUT2D eigenvalue weighted by molar-refractivity contribution is -0.133. The number of hydrazine groups is 1. The van der Waals surface area contributed by atoms with Gasteiger partial charge in [0.05, 0.1) is 0 Å². The van der Waals surface area contributed by atoms with Crippen LogP contribution < -0.4 is 16.2 Å². The SMILES string of the molecule is Cc1cc(NC(=O)c2cccc(CC3NNC(=O)C4CCCCC34)c2)ccc1Br. The van der Waals surface area contributed by atoms with Crippen LogP contribution in [0.2, 0.25) is 0 Å². The molecule has 0 aromatic heterocycles. The summed E-state index contributed by atoms with van der Waals surface area (Å²) in [4.78, 5) is 24.9. The fourth-order valence-electron chi connectivity index (χ4n) is 4.55. The molecule has 2 aliphatic rings. The standard InChI is InChI=1S/C23H26BrN3O2/c1-14-11-17(9-10-20(14)24)25-22(28)16-6-4-5-15(12-16)13-21-18-7-2-3-8-19(18)23(29)27-26-21/h4-6,9-12,18-19,21,26H,2-3,7-8,13H2,1H3,(H,25,28)(H,27,29). The molecule has 3 atom stereocenters. The summed E-state index contributed by atoms with van der Waals surface area (Å²) in [5.41, 5.74) is 9.67. The van der Waals surface area contributed by atoms with Crippen molar-refractivity contribution in [1.82, 2.24) is 10.9 Å². The van der Waals surface area contributed by atoms with Crippen LogP contribution in [0.4, 0.5) is 5.69 Å². The van der Waals surface area contributed by atoms with E-state index in [1.165, 1.54) is 6.42 Å². The molecule has 152 valence electrons. The van der Waals surface area contributed by atoms with Gasteiger partial charge in [-0.15, -0.1) is 0 Å². The Morgan fingerprint density at radius 1 is 1.17 bits per heavy atom. The van der Waals surface area contributed by atoms with Crippen molar-refractivity contribution in [3.63, 3.8) is 0 Å². The van der Waals surface area contributed by atoms with Crippen LogP contribution in [-0.2, 0) is 11.2 Å². The van der Waals surface area contributed by atoms with Crippen LogP contribution in [0.15, 0.2) is 46.9 Å². The summed E-state index contributed by atoms with van der Waals surface area (Å²) in [7, 11) is 0. The Morgan fingerprint density at radius 2 is 2.00 bits per heavy atom. The fourth-order valence-corrected chi connectivity index (χ4v) is 4.80. The van der Waals surface area contributed by atoms with Gasteiger partial charge >= 0.3 is 0 Å². The number of carbonyl (C=O) groups excluding carboxylic acids is 2.